The molecule has 7 heteroatoms. The molecule has 150 valence electrons. The second-order valence-corrected chi connectivity index (χ2v) is 6.60. The van der Waals surface area contributed by atoms with Gasteiger partial charge in [0.2, 0.25) is 5.91 Å². The first-order valence-electron chi connectivity index (χ1n) is 9.03. The number of hydrogen-bond acceptors (Lipinski definition) is 4. The average Bonchev–Trinajstić information content (AvgIpc) is 2.70. The van der Waals surface area contributed by atoms with E-state index in [1.807, 2.05) is 25.1 Å². The molecule has 2 amide bonds. The number of nitrogens with one attached hydrogen (secondary N) is 1. The van der Waals surface area contributed by atoms with Crippen molar-refractivity contribution in [3.63, 3.8) is 0 Å². The highest BCUT2D eigenvalue weighted by atomic mass is 35.5. The molecule has 0 saturated carbocycles. The van der Waals surface area contributed by atoms with Crippen LogP contribution in [0.3, 0.4) is 0 Å². The molecule has 0 saturated heterocycles. The summed E-state index contributed by atoms with van der Waals surface area (Å²) in [6.45, 7) is 4.03. The van der Waals surface area contributed by atoms with Crippen LogP contribution < -0.4 is 14.8 Å². The topological polar surface area (TPSA) is 67.9 Å². The van der Waals surface area contributed by atoms with Crippen molar-refractivity contribution in [1.82, 2.24) is 10.2 Å². The molecule has 0 fully saturated rings. The van der Waals surface area contributed by atoms with E-state index in [-0.39, 0.29) is 25.0 Å². The first-order valence-corrected chi connectivity index (χ1v) is 9.41. The summed E-state index contributed by atoms with van der Waals surface area (Å²) in [6.07, 6.45) is 0. The SMILES string of the molecule is CCNC(=O)[C@@H](C)N(Cc1cccc(Cl)c1)C(=O)COc1ccccc1OC. The number of halogens is 1. The van der Waals surface area contributed by atoms with Gasteiger partial charge >= 0.3 is 0 Å². The van der Waals surface area contributed by atoms with Gasteiger partial charge in [0.15, 0.2) is 18.1 Å². The minimum Gasteiger partial charge on any atom is -0.493 e. The molecule has 0 aliphatic heterocycles. The molecular weight excluding hydrogens is 380 g/mol. The molecule has 6 nitrogen and oxygen atoms in total. The smallest absolute Gasteiger partial charge is 0.261 e. The Kier molecular flexibility index (Phi) is 8.14. The van der Waals surface area contributed by atoms with E-state index >= 15 is 0 Å². The second-order valence-electron chi connectivity index (χ2n) is 6.16. The van der Waals surface area contributed by atoms with Gasteiger partial charge in [-0.05, 0) is 43.7 Å². The van der Waals surface area contributed by atoms with Crippen molar-refractivity contribution in [1.29, 1.82) is 0 Å². The number of likely N-dealkylation sites (N-methyl/N-ethyl adjacent to an activating group) is 1. The van der Waals surface area contributed by atoms with Crippen LogP contribution in [0.1, 0.15) is 19.4 Å². The molecule has 1 N–H and O–H groups in total. The van der Waals surface area contributed by atoms with E-state index in [2.05, 4.69) is 5.32 Å². The Balaban J connectivity index is 2.16. The lowest BCUT2D eigenvalue weighted by Gasteiger charge is -2.28. The van der Waals surface area contributed by atoms with Crippen LogP contribution in [0.4, 0.5) is 0 Å². The Morgan fingerprint density at radius 2 is 1.86 bits per heavy atom. The largest absolute Gasteiger partial charge is 0.493 e. The van der Waals surface area contributed by atoms with Crippen molar-refractivity contribution in [3.8, 4) is 11.5 Å². The Labute approximate surface area is 170 Å². The fraction of sp³-hybridized carbons (Fsp3) is 0.333. The van der Waals surface area contributed by atoms with E-state index in [0.717, 1.165) is 5.56 Å². The monoisotopic (exact) mass is 404 g/mol. The number of nitrogens with zero attached hydrogens (tertiary/aromatic N) is 1. The maximum Gasteiger partial charge on any atom is 0.261 e. The first-order chi connectivity index (χ1) is 13.5. The first kappa shape index (κ1) is 21.6. The summed E-state index contributed by atoms with van der Waals surface area (Å²) in [5.74, 6) is 0.458. The lowest BCUT2D eigenvalue weighted by atomic mass is 10.1. The highest BCUT2D eigenvalue weighted by molar-refractivity contribution is 6.30. The van der Waals surface area contributed by atoms with Crippen molar-refractivity contribution < 1.29 is 19.1 Å². The number of carbonyl (C=O) groups excluding carboxylic acids is 2. The van der Waals surface area contributed by atoms with Gasteiger partial charge in [0, 0.05) is 18.1 Å². The molecule has 2 aromatic rings. The molecule has 0 aromatic heterocycles. The van der Waals surface area contributed by atoms with Crippen molar-refractivity contribution in [3.05, 3.63) is 59.1 Å². The zero-order valence-electron chi connectivity index (χ0n) is 16.3. The Hall–Kier alpha value is -2.73. The normalized spacial score (nSPS) is 11.4. The van der Waals surface area contributed by atoms with E-state index in [4.69, 9.17) is 21.1 Å². The molecule has 0 aliphatic rings. The van der Waals surface area contributed by atoms with E-state index < -0.39 is 6.04 Å². The molecule has 2 aromatic carbocycles. The summed E-state index contributed by atoms with van der Waals surface area (Å²) in [6, 6.07) is 13.6. The molecule has 2 rings (SSSR count). The van der Waals surface area contributed by atoms with Crippen LogP contribution in [0.5, 0.6) is 11.5 Å². The van der Waals surface area contributed by atoms with Gasteiger partial charge in [-0.25, -0.2) is 0 Å². The summed E-state index contributed by atoms with van der Waals surface area (Å²) in [5, 5.41) is 3.32. The van der Waals surface area contributed by atoms with Gasteiger partial charge < -0.3 is 19.7 Å². The van der Waals surface area contributed by atoms with Gasteiger partial charge in [0.25, 0.3) is 5.91 Å². The molecule has 0 aliphatic carbocycles. The minimum atomic E-state index is -0.660. The standard InChI is InChI=1S/C21H25ClN2O4/c1-4-23-21(26)15(2)24(13-16-8-7-9-17(22)12-16)20(25)14-28-19-11-6-5-10-18(19)27-3/h5-12,15H,4,13-14H2,1-3H3,(H,23,26)/t15-/m1/s1. The summed E-state index contributed by atoms with van der Waals surface area (Å²) < 4.78 is 10.9. The highest BCUT2D eigenvalue weighted by Crippen LogP contribution is 2.26. The van der Waals surface area contributed by atoms with Gasteiger partial charge in [-0.3, -0.25) is 9.59 Å². The number of carbonyl (C=O) groups is 2. The Morgan fingerprint density at radius 3 is 2.50 bits per heavy atom. The fourth-order valence-electron chi connectivity index (χ4n) is 2.70. The maximum absolute atomic E-state index is 12.9. The van der Waals surface area contributed by atoms with Crippen LogP contribution in [0, 0.1) is 0 Å². The third-order valence-electron chi connectivity index (χ3n) is 4.18. The van der Waals surface area contributed by atoms with E-state index in [9.17, 15) is 9.59 Å². The molecule has 0 radical (unpaired) electrons. The summed E-state index contributed by atoms with van der Waals surface area (Å²) in [4.78, 5) is 26.7. The van der Waals surface area contributed by atoms with Crippen LogP contribution in [0.15, 0.2) is 48.5 Å². The quantitative estimate of drug-likeness (QED) is 0.696. The molecule has 0 spiro atoms. The predicted octanol–water partition coefficient (Wildman–Crippen LogP) is 3.28. The highest BCUT2D eigenvalue weighted by Gasteiger charge is 2.26. The summed E-state index contributed by atoms with van der Waals surface area (Å²) in [7, 11) is 1.53. The van der Waals surface area contributed by atoms with Crippen LogP contribution in [-0.4, -0.2) is 43.0 Å². The van der Waals surface area contributed by atoms with Crippen LogP contribution in [0.25, 0.3) is 0 Å². The molecule has 0 unspecified atom stereocenters. The fourth-order valence-corrected chi connectivity index (χ4v) is 2.91. The number of hydrogen-bond donors (Lipinski definition) is 1. The van der Waals surface area contributed by atoms with Crippen LogP contribution in [0.2, 0.25) is 5.02 Å². The average molecular weight is 405 g/mol. The second kappa shape index (κ2) is 10.6. The molecule has 28 heavy (non-hydrogen) atoms. The van der Waals surface area contributed by atoms with Gasteiger partial charge in [0.1, 0.15) is 6.04 Å². The van der Waals surface area contributed by atoms with Gasteiger partial charge in [0.05, 0.1) is 7.11 Å². The van der Waals surface area contributed by atoms with Crippen molar-refractivity contribution in [2.75, 3.05) is 20.3 Å². The van der Waals surface area contributed by atoms with Crippen molar-refractivity contribution in [2.24, 2.45) is 0 Å². The molecule has 1 atom stereocenters. The minimum absolute atomic E-state index is 0.218. The summed E-state index contributed by atoms with van der Waals surface area (Å²) >= 11 is 6.05. The molecular formula is C21H25ClN2O4. The van der Waals surface area contributed by atoms with Crippen LogP contribution >= 0.6 is 11.6 Å². The molecule has 0 heterocycles. The van der Waals surface area contributed by atoms with Crippen molar-refractivity contribution >= 4 is 23.4 Å². The van der Waals surface area contributed by atoms with E-state index in [1.54, 1.807) is 37.3 Å². The van der Waals surface area contributed by atoms with Gasteiger partial charge in [-0.1, -0.05) is 35.9 Å². The number of ether oxygens (including phenoxy) is 2. The number of benzene rings is 2. The van der Waals surface area contributed by atoms with Gasteiger partial charge in [-0.2, -0.15) is 0 Å². The zero-order chi connectivity index (χ0) is 20.5. The third kappa shape index (κ3) is 5.89. The van der Waals surface area contributed by atoms with Crippen molar-refractivity contribution in [2.45, 2.75) is 26.4 Å². The number of para-hydroxylation sites is 2. The Morgan fingerprint density at radius 1 is 1.14 bits per heavy atom. The van der Waals surface area contributed by atoms with E-state index in [0.29, 0.717) is 23.1 Å². The predicted molar refractivity (Wildman–Crippen MR) is 109 cm³/mol. The number of amides is 2. The maximum atomic E-state index is 12.9. The number of rotatable bonds is 9. The number of methoxy groups -OCH3 is 1. The summed E-state index contributed by atoms with van der Waals surface area (Å²) in [5.41, 5.74) is 0.828. The Bertz CT molecular complexity index is 812. The lowest BCUT2D eigenvalue weighted by molar-refractivity contribution is -0.142. The zero-order valence-corrected chi connectivity index (χ0v) is 17.0. The van der Waals surface area contributed by atoms with Crippen LogP contribution in [-0.2, 0) is 16.1 Å². The van der Waals surface area contributed by atoms with E-state index in [1.165, 1.54) is 12.0 Å². The van der Waals surface area contributed by atoms with Gasteiger partial charge in [-0.15, -0.1) is 0 Å². The lowest BCUT2D eigenvalue weighted by Crippen LogP contribution is -2.49. The third-order valence-corrected chi connectivity index (χ3v) is 4.42. The molecule has 0 bridgehead atoms.